The molecule has 156 valence electrons. The molecule has 4 nitrogen and oxygen atoms in total. The Hall–Kier alpha value is -3.24. The van der Waals surface area contributed by atoms with Crippen LogP contribution in [0.4, 0.5) is 0 Å². The maximum absolute atomic E-state index is 13.0. The monoisotopic (exact) mass is 430 g/mol. The number of ketones is 1. The number of halogens is 1. The molecule has 0 amide bonds. The zero-order chi connectivity index (χ0) is 22.0. The fourth-order valence-electron chi connectivity index (χ4n) is 3.69. The first-order chi connectivity index (χ1) is 14.9. The lowest BCUT2D eigenvalue weighted by molar-refractivity contribution is 0.0966. The number of hydrogen-bond acceptors (Lipinski definition) is 3. The fraction of sp³-hybridized carbons (Fsp3) is 0.192. The number of rotatable bonds is 6. The smallest absolute Gasteiger partial charge is 0.275 e. The van der Waals surface area contributed by atoms with Gasteiger partial charge in [0.25, 0.3) is 5.56 Å². The van der Waals surface area contributed by atoms with Crippen molar-refractivity contribution < 1.29 is 4.79 Å². The highest BCUT2D eigenvalue weighted by atomic mass is 35.5. The van der Waals surface area contributed by atoms with Gasteiger partial charge in [0.2, 0.25) is 0 Å². The molecule has 1 aromatic heterocycles. The number of nitrogens with zero attached hydrogens (tertiary/aromatic N) is 2. The molecular formula is C26H23ClN2O2. The Morgan fingerprint density at radius 3 is 2.23 bits per heavy atom. The second-order valence-electron chi connectivity index (χ2n) is 8.08. The molecule has 0 spiro atoms. The number of carbonyl (C=O) groups is 1. The largest absolute Gasteiger partial charge is 0.292 e. The van der Waals surface area contributed by atoms with Crippen molar-refractivity contribution >= 4 is 28.2 Å². The summed E-state index contributed by atoms with van der Waals surface area (Å²) in [6.45, 7) is 4.25. The third kappa shape index (κ3) is 4.59. The summed E-state index contributed by atoms with van der Waals surface area (Å²) in [7, 11) is 0. The Morgan fingerprint density at radius 1 is 0.935 bits per heavy atom. The second-order valence-corrected chi connectivity index (χ2v) is 8.52. The lowest BCUT2D eigenvalue weighted by Gasteiger charge is -2.12. The molecule has 0 saturated heterocycles. The molecule has 0 radical (unpaired) electrons. The Balaban J connectivity index is 1.77. The third-order valence-electron chi connectivity index (χ3n) is 5.20. The van der Waals surface area contributed by atoms with Gasteiger partial charge in [-0.15, -0.1) is 0 Å². The molecule has 0 aliphatic carbocycles. The van der Waals surface area contributed by atoms with E-state index in [0.717, 1.165) is 17.4 Å². The number of hydrogen-bond donors (Lipinski definition) is 0. The lowest BCUT2D eigenvalue weighted by Crippen LogP contribution is -2.27. The molecule has 0 aliphatic rings. The zero-order valence-corrected chi connectivity index (χ0v) is 18.3. The molecule has 1 heterocycles. The molecule has 4 aromatic rings. The van der Waals surface area contributed by atoms with E-state index in [-0.39, 0.29) is 17.9 Å². The van der Waals surface area contributed by atoms with Gasteiger partial charge >= 0.3 is 0 Å². The predicted octanol–water partition coefficient (Wildman–Crippen LogP) is 5.80. The lowest BCUT2D eigenvalue weighted by atomic mass is 9.99. The van der Waals surface area contributed by atoms with E-state index in [0.29, 0.717) is 27.6 Å². The quantitative estimate of drug-likeness (QED) is 0.363. The molecule has 0 saturated carbocycles. The van der Waals surface area contributed by atoms with Crippen LogP contribution in [0.1, 0.15) is 29.8 Å². The van der Waals surface area contributed by atoms with Gasteiger partial charge in [-0.05, 0) is 48.2 Å². The van der Waals surface area contributed by atoms with Gasteiger partial charge in [-0.3, -0.25) is 9.59 Å². The number of carbonyl (C=O) groups excluding carboxylic acids is 1. The number of fused-ring (bicyclic) bond motifs is 1. The molecule has 0 bridgehead atoms. The Morgan fingerprint density at radius 2 is 1.58 bits per heavy atom. The number of aromatic nitrogens is 2. The molecule has 3 aromatic carbocycles. The van der Waals surface area contributed by atoms with Crippen LogP contribution in [0, 0.1) is 5.92 Å². The van der Waals surface area contributed by atoms with E-state index >= 15 is 0 Å². The summed E-state index contributed by atoms with van der Waals surface area (Å²) < 4.78 is 1.26. The molecule has 0 atom stereocenters. The SMILES string of the molecule is CC(C)Cc1ccc(-c2nn(CC(=O)c3ccc(Cl)cc3)c(=O)c3ccccc23)cc1. The van der Waals surface area contributed by atoms with E-state index in [1.807, 2.05) is 30.3 Å². The molecule has 0 N–H and O–H groups in total. The highest BCUT2D eigenvalue weighted by Crippen LogP contribution is 2.25. The molecule has 5 heteroatoms. The van der Waals surface area contributed by atoms with Crippen molar-refractivity contribution in [3.63, 3.8) is 0 Å². The summed E-state index contributed by atoms with van der Waals surface area (Å²) in [5.74, 6) is 0.380. The molecule has 0 aliphatic heterocycles. The predicted molar refractivity (Wildman–Crippen MR) is 126 cm³/mol. The van der Waals surface area contributed by atoms with Gasteiger partial charge in [-0.25, -0.2) is 4.68 Å². The minimum atomic E-state index is -0.280. The average molecular weight is 431 g/mol. The van der Waals surface area contributed by atoms with Crippen LogP contribution in [0.3, 0.4) is 0 Å². The van der Waals surface area contributed by atoms with Gasteiger partial charge in [0, 0.05) is 21.5 Å². The van der Waals surface area contributed by atoms with E-state index in [1.54, 1.807) is 30.3 Å². The highest BCUT2D eigenvalue weighted by molar-refractivity contribution is 6.30. The van der Waals surface area contributed by atoms with Gasteiger partial charge in [0.15, 0.2) is 5.78 Å². The third-order valence-corrected chi connectivity index (χ3v) is 5.45. The van der Waals surface area contributed by atoms with Gasteiger partial charge in [0.05, 0.1) is 11.1 Å². The topological polar surface area (TPSA) is 52.0 Å². The van der Waals surface area contributed by atoms with E-state index < -0.39 is 0 Å². The molecule has 0 unspecified atom stereocenters. The molecule has 0 fully saturated rings. The Bertz CT molecular complexity index is 1290. The van der Waals surface area contributed by atoms with Crippen LogP contribution in [0.25, 0.3) is 22.0 Å². The first-order valence-electron chi connectivity index (χ1n) is 10.3. The van der Waals surface area contributed by atoms with Crippen molar-refractivity contribution in [3.05, 3.63) is 99.3 Å². The average Bonchev–Trinajstić information content (AvgIpc) is 2.76. The van der Waals surface area contributed by atoms with Crippen molar-refractivity contribution in [1.29, 1.82) is 0 Å². The fourth-order valence-corrected chi connectivity index (χ4v) is 3.81. The Kier molecular flexibility index (Phi) is 6.01. The molecule has 31 heavy (non-hydrogen) atoms. The first-order valence-corrected chi connectivity index (χ1v) is 10.7. The van der Waals surface area contributed by atoms with E-state index in [1.165, 1.54) is 10.2 Å². The highest BCUT2D eigenvalue weighted by Gasteiger charge is 2.15. The number of Topliss-reactive ketones (excluding diaryl/α,β-unsaturated/α-hetero) is 1. The van der Waals surface area contributed by atoms with Crippen LogP contribution in [0.15, 0.2) is 77.6 Å². The summed E-state index contributed by atoms with van der Waals surface area (Å²) in [6, 6.07) is 22.3. The van der Waals surface area contributed by atoms with Crippen LogP contribution < -0.4 is 5.56 Å². The van der Waals surface area contributed by atoms with Crippen molar-refractivity contribution in [1.82, 2.24) is 9.78 Å². The van der Waals surface area contributed by atoms with Crippen LogP contribution in [0.5, 0.6) is 0 Å². The van der Waals surface area contributed by atoms with E-state index in [4.69, 9.17) is 11.6 Å². The number of benzene rings is 3. The van der Waals surface area contributed by atoms with Crippen LogP contribution in [-0.4, -0.2) is 15.6 Å². The Labute approximate surface area is 186 Å². The van der Waals surface area contributed by atoms with Crippen molar-refractivity contribution in [3.8, 4) is 11.3 Å². The molecular weight excluding hydrogens is 408 g/mol. The maximum atomic E-state index is 13.0. The summed E-state index contributed by atoms with van der Waals surface area (Å²) in [6.07, 6.45) is 1.00. The second kappa shape index (κ2) is 8.86. The minimum Gasteiger partial charge on any atom is -0.292 e. The van der Waals surface area contributed by atoms with Crippen LogP contribution in [-0.2, 0) is 13.0 Å². The van der Waals surface area contributed by atoms with Gasteiger partial charge in [0.1, 0.15) is 6.54 Å². The zero-order valence-electron chi connectivity index (χ0n) is 17.5. The summed E-state index contributed by atoms with van der Waals surface area (Å²) in [4.78, 5) is 25.8. The maximum Gasteiger partial charge on any atom is 0.275 e. The van der Waals surface area contributed by atoms with Crippen LogP contribution >= 0.6 is 11.6 Å². The van der Waals surface area contributed by atoms with Crippen LogP contribution in [0.2, 0.25) is 5.02 Å². The summed E-state index contributed by atoms with van der Waals surface area (Å²) in [5.41, 5.74) is 3.07. The van der Waals surface area contributed by atoms with Crippen molar-refractivity contribution in [2.45, 2.75) is 26.8 Å². The van der Waals surface area contributed by atoms with Gasteiger partial charge in [-0.1, -0.05) is 67.9 Å². The van der Waals surface area contributed by atoms with Crippen molar-refractivity contribution in [2.24, 2.45) is 5.92 Å². The summed E-state index contributed by atoms with van der Waals surface area (Å²) in [5, 5.41) is 6.48. The molecule has 4 rings (SSSR count). The first kappa shape index (κ1) is 21.0. The van der Waals surface area contributed by atoms with Crippen molar-refractivity contribution in [2.75, 3.05) is 0 Å². The van der Waals surface area contributed by atoms with E-state index in [2.05, 4.69) is 31.1 Å². The van der Waals surface area contributed by atoms with Gasteiger partial charge in [-0.2, -0.15) is 5.10 Å². The van der Waals surface area contributed by atoms with E-state index in [9.17, 15) is 9.59 Å². The standard InChI is InChI=1S/C26H23ClN2O2/c1-17(2)15-18-7-9-20(10-8-18)25-22-5-3-4-6-23(22)26(31)29(28-25)16-24(30)19-11-13-21(27)14-12-19/h3-14,17H,15-16H2,1-2H3. The normalized spacial score (nSPS) is 11.2. The van der Waals surface area contributed by atoms with Gasteiger partial charge < -0.3 is 0 Å². The summed E-state index contributed by atoms with van der Waals surface area (Å²) >= 11 is 5.92. The minimum absolute atomic E-state index is 0.135.